The second kappa shape index (κ2) is 15.0. The Balaban J connectivity index is 1.81. The topological polar surface area (TPSA) is 86.8 Å². The van der Waals surface area contributed by atoms with Crippen molar-refractivity contribution in [3.63, 3.8) is 0 Å². The maximum Gasteiger partial charge on any atom is 0.264 e. The first kappa shape index (κ1) is 32.8. The highest BCUT2D eigenvalue weighted by atomic mass is 35.5. The van der Waals surface area contributed by atoms with Crippen LogP contribution in [-0.4, -0.2) is 44.3 Å². The molecule has 2 amide bonds. The summed E-state index contributed by atoms with van der Waals surface area (Å²) < 4.78 is 29.4. The van der Waals surface area contributed by atoms with Gasteiger partial charge in [-0.2, -0.15) is 0 Å². The Morgan fingerprint density at radius 3 is 2.05 bits per heavy atom. The summed E-state index contributed by atoms with van der Waals surface area (Å²) >= 11 is 6.30. The summed E-state index contributed by atoms with van der Waals surface area (Å²) in [4.78, 5) is 29.7. The van der Waals surface area contributed by atoms with Crippen molar-refractivity contribution in [2.45, 2.75) is 51.1 Å². The number of hydrogen-bond acceptors (Lipinski definition) is 4. The largest absolute Gasteiger partial charge is 0.354 e. The van der Waals surface area contributed by atoms with Crippen LogP contribution in [0.1, 0.15) is 35.6 Å². The first-order chi connectivity index (χ1) is 21.1. The fourth-order valence-electron chi connectivity index (χ4n) is 5.10. The highest BCUT2D eigenvalue weighted by Crippen LogP contribution is 2.27. The Hall–Kier alpha value is -4.14. The number of carbonyl (C=O) groups excluding carboxylic acids is 2. The molecule has 7 nitrogen and oxygen atoms in total. The summed E-state index contributed by atoms with van der Waals surface area (Å²) in [6.45, 7) is 5.71. The van der Waals surface area contributed by atoms with Crippen LogP contribution in [0.3, 0.4) is 0 Å². The van der Waals surface area contributed by atoms with E-state index in [4.69, 9.17) is 11.6 Å². The number of benzene rings is 4. The van der Waals surface area contributed by atoms with E-state index in [1.807, 2.05) is 63.2 Å². The van der Waals surface area contributed by atoms with Crippen LogP contribution in [0.2, 0.25) is 5.02 Å². The highest BCUT2D eigenvalue weighted by Gasteiger charge is 2.34. The Labute approximate surface area is 265 Å². The lowest BCUT2D eigenvalue weighted by Crippen LogP contribution is -2.53. The zero-order valence-electron chi connectivity index (χ0n) is 25.2. The number of nitrogens with zero attached hydrogens (tertiary/aromatic N) is 2. The molecule has 0 aliphatic carbocycles. The number of nitrogens with one attached hydrogen (secondary N) is 1. The Bertz CT molecular complexity index is 1660. The second-order valence-electron chi connectivity index (χ2n) is 10.8. The van der Waals surface area contributed by atoms with E-state index < -0.39 is 28.5 Å². The average molecular weight is 632 g/mol. The maximum atomic E-state index is 14.5. The monoisotopic (exact) mass is 631 g/mol. The Kier molecular flexibility index (Phi) is 11.2. The van der Waals surface area contributed by atoms with Crippen molar-refractivity contribution in [1.82, 2.24) is 10.2 Å². The van der Waals surface area contributed by atoms with Gasteiger partial charge in [0.1, 0.15) is 12.6 Å². The number of hydrogen-bond donors (Lipinski definition) is 1. The molecule has 230 valence electrons. The van der Waals surface area contributed by atoms with Crippen molar-refractivity contribution < 1.29 is 18.0 Å². The van der Waals surface area contributed by atoms with E-state index in [0.29, 0.717) is 17.3 Å². The van der Waals surface area contributed by atoms with E-state index in [2.05, 4.69) is 5.32 Å². The molecule has 0 radical (unpaired) electrons. The SMILES string of the molecule is CCCNC(=O)[C@H](Cc1ccccc1)N(Cc1cccc(Cl)c1)C(=O)CN(c1cc(C)cc(C)c1)S(=O)(=O)c1ccccc1. The van der Waals surface area contributed by atoms with Crippen molar-refractivity contribution in [3.05, 3.63) is 130 Å². The normalized spacial score (nSPS) is 11.9. The number of rotatable bonds is 13. The molecule has 0 aliphatic rings. The quantitative estimate of drug-likeness (QED) is 0.187. The molecule has 4 rings (SSSR count). The van der Waals surface area contributed by atoms with Crippen LogP contribution in [0.25, 0.3) is 0 Å². The smallest absolute Gasteiger partial charge is 0.264 e. The molecule has 0 heterocycles. The first-order valence-electron chi connectivity index (χ1n) is 14.6. The molecular formula is C35H38ClN3O4S. The number of amides is 2. The lowest BCUT2D eigenvalue weighted by Gasteiger charge is -2.34. The van der Waals surface area contributed by atoms with E-state index in [1.54, 1.807) is 48.5 Å². The van der Waals surface area contributed by atoms with Crippen molar-refractivity contribution in [2.24, 2.45) is 0 Å². The molecule has 4 aromatic rings. The van der Waals surface area contributed by atoms with E-state index >= 15 is 0 Å². The summed E-state index contributed by atoms with van der Waals surface area (Å²) in [5, 5.41) is 3.44. The van der Waals surface area contributed by atoms with Gasteiger partial charge >= 0.3 is 0 Å². The third kappa shape index (κ3) is 8.49. The molecule has 0 fully saturated rings. The summed E-state index contributed by atoms with van der Waals surface area (Å²) in [6, 6.07) is 29.1. The van der Waals surface area contributed by atoms with Gasteiger partial charge in [-0.25, -0.2) is 8.42 Å². The third-order valence-corrected chi connectivity index (χ3v) is 9.19. The van der Waals surface area contributed by atoms with E-state index in [0.717, 1.165) is 33.0 Å². The van der Waals surface area contributed by atoms with Crippen molar-refractivity contribution in [2.75, 3.05) is 17.4 Å². The predicted octanol–water partition coefficient (Wildman–Crippen LogP) is 6.32. The van der Waals surface area contributed by atoms with Crippen LogP contribution in [0.4, 0.5) is 5.69 Å². The molecule has 1 N–H and O–H groups in total. The van der Waals surface area contributed by atoms with Gasteiger partial charge in [0.2, 0.25) is 11.8 Å². The van der Waals surface area contributed by atoms with Crippen LogP contribution >= 0.6 is 11.6 Å². The van der Waals surface area contributed by atoms with E-state index in [1.165, 1.54) is 17.0 Å². The van der Waals surface area contributed by atoms with Crippen molar-refractivity contribution >= 4 is 39.1 Å². The van der Waals surface area contributed by atoms with Gasteiger partial charge in [-0.1, -0.05) is 85.3 Å². The lowest BCUT2D eigenvalue weighted by atomic mass is 10.0. The molecule has 44 heavy (non-hydrogen) atoms. The lowest BCUT2D eigenvalue weighted by molar-refractivity contribution is -0.140. The van der Waals surface area contributed by atoms with Crippen LogP contribution < -0.4 is 9.62 Å². The Morgan fingerprint density at radius 2 is 1.43 bits per heavy atom. The number of sulfonamides is 1. The minimum absolute atomic E-state index is 0.0580. The van der Waals surface area contributed by atoms with Crippen LogP contribution in [0, 0.1) is 13.8 Å². The fourth-order valence-corrected chi connectivity index (χ4v) is 6.73. The van der Waals surface area contributed by atoms with Gasteiger partial charge in [0.25, 0.3) is 10.0 Å². The third-order valence-electron chi connectivity index (χ3n) is 7.17. The van der Waals surface area contributed by atoms with Gasteiger partial charge in [0, 0.05) is 24.5 Å². The molecule has 0 bridgehead atoms. The maximum absolute atomic E-state index is 14.5. The summed E-state index contributed by atoms with van der Waals surface area (Å²) in [7, 11) is -4.15. The van der Waals surface area contributed by atoms with Gasteiger partial charge in [-0.3, -0.25) is 13.9 Å². The fraction of sp³-hybridized carbons (Fsp3) is 0.257. The van der Waals surface area contributed by atoms with Crippen LogP contribution in [-0.2, 0) is 32.6 Å². The highest BCUT2D eigenvalue weighted by molar-refractivity contribution is 7.92. The van der Waals surface area contributed by atoms with Crippen molar-refractivity contribution in [3.8, 4) is 0 Å². The molecule has 0 saturated heterocycles. The second-order valence-corrected chi connectivity index (χ2v) is 13.1. The minimum atomic E-state index is -4.15. The predicted molar refractivity (Wildman–Crippen MR) is 176 cm³/mol. The van der Waals surface area contributed by atoms with Crippen LogP contribution in [0.15, 0.2) is 108 Å². The number of carbonyl (C=O) groups is 2. The number of anilines is 1. The summed E-state index contributed by atoms with van der Waals surface area (Å²) in [5.41, 5.74) is 3.68. The van der Waals surface area contributed by atoms with Gasteiger partial charge in [0.15, 0.2) is 0 Å². The Morgan fingerprint density at radius 1 is 0.818 bits per heavy atom. The zero-order valence-corrected chi connectivity index (χ0v) is 26.8. The van der Waals surface area contributed by atoms with Gasteiger partial charge < -0.3 is 10.2 Å². The summed E-state index contributed by atoms with van der Waals surface area (Å²) in [5.74, 6) is -0.828. The van der Waals surface area contributed by atoms with Crippen molar-refractivity contribution in [1.29, 1.82) is 0 Å². The molecule has 0 aliphatic heterocycles. The minimum Gasteiger partial charge on any atom is -0.354 e. The van der Waals surface area contributed by atoms with Gasteiger partial charge in [-0.05, 0) is 78.9 Å². The van der Waals surface area contributed by atoms with E-state index in [9.17, 15) is 18.0 Å². The van der Waals surface area contributed by atoms with Gasteiger partial charge in [-0.15, -0.1) is 0 Å². The average Bonchev–Trinajstić information content (AvgIpc) is 3.00. The molecular weight excluding hydrogens is 594 g/mol. The zero-order chi connectivity index (χ0) is 31.7. The molecule has 4 aromatic carbocycles. The van der Waals surface area contributed by atoms with Crippen LogP contribution in [0.5, 0.6) is 0 Å². The van der Waals surface area contributed by atoms with E-state index in [-0.39, 0.29) is 23.8 Å². The molecule has 0 unspecified atom stereocenters. The number of halogens is 1. The molecule has 0 aromatic heterocycles. The van der Waals surface area contributed by atoms with Gasteiger partial charge in [0.05, 0.1) is 10.6 Å². The molecule has 9 heteroatoms. The molecule has 1 atom stereocenters. The summed E-state index contributed by atoms with van der Waals surface area (Å²) in [6.07, 6.45) is 0.972. The molecule has 0 saturated carbocycles. The first-order valence-corrected chi connectivity index (χ1v) is 16.4. The number of aryl methyl sites for hydroxylation is 2. The standard InChI is InChI=1S/C35H38ClN3O4S/c1-4-18-37-35(41)33(23-28-12-7-5-8-13-28)38(24-29-14-11-15-30(36)22-29)34(40)25-39(31-20-26(2)19-27(3)21-31)44(42,43)32-16-9-6-10-17-32/h5-17,19-22,33H,4,18,23-25H2,1-3H3,(H,37,41)/t33-/m0/s1. The molecule has 0 spiro atoms.